The van der Waals surface area contributed by atoms with Gasteiger partial charge in [-0.15, -0.1) is 0 Å². The lowest BCUT2D eigenvalue weighted by molar-refractivity contribution is 0.0754. The number of amides is 1. The molecule has 7 nitrogen and oxygen atoms in total. The second-order valence-electron chi connectivity index (χ2n) is 9.07. The molecule has 3 N–H and O–H groups in total. The Bertz CT molecular complexity index is 1130. The Morgan fingerprint density at radius 1 is 1.24 bits per heavy atom. The number of nitrogens with one attached hydrogen (secondary N) is 1. The van der Waals surface area contributed by atoms with Crippen LogP contribution in [-0.4, -0.2) is 58.7 Å². The third-order valence-corrected chi connectivity index (χ3v) is 6.23. The topological polar surface area (TPSA) is 95.0 Å². The van der Waals surface area contributed by atoms with E-state index in [1.54, 1.807) is 4.90 Å². The molecule has 0 bridgehead atoms. The van der Waals surface area contributed by atoms with Crippen LogP contribution in [0.1, 0.15) is 43.1 Å². The van der Waals surface area contributed by atoms with Gasteiger partial charge in [-0.3, -0.25) is 4.90 Å². The zero-order valence-corrected chi connectivity index (χ0v) is 20.2. The van der Waals surface area contributed by atoms with E-state index in [0.29, 0.717) is 43.4 Å². The largest absolute Gasteiger partial charge is 0.493 e. The summed E-state index contributed by atoms with van der Waals surface area (Å²) in [6, 6.07) is 13.0. The minimum atomic E-state index is -0.791. The molecule has 0 saturated carbocycles. The molecule has 3 aromatic rings. The van der Waals surface area contributed by atoms with Crippen molar-refractivity contribution < 1.29 is 24.5 Å². The molecule has 0 saturated heterocycles. The number of benzene rings is 2. The van der Waals surface area contributed by atoms with E-state index in [1.807, 2.05) is 56.3 Å². The fraction of sp³-hybridized carbons (Fsp3) is 0.423. The van der Waals surface area contributed by atoms with Crippen molar-refractivity contribution in [3.8, 4) is 5.75 Å². The Morgan fingerprint density at radius 2 is 2.00 bits per heavy atom. The number of rotatable bonds is 8. The number of fused-ring (bicyclic) bond motifs is 3. The van der Waals surface area contributed by atoms with Crippen LogP contribution in [-0.2, 0) is 11.2 Å². The first-order valence-corrected chi connectivity index (χ1v) is 12.0. The van der Waals surface area contributed by atoms with Gasteiger partial charge in [0.1, 0.15) is 11.8 Å². The molecule has 1 amide bonds. The maximum atomic E-state index is 13.1. The van der Waals surface area contributed by atoms with Crippen molar-refractivity contribution in [2.24, 2.45) is 5.92 Å². The molecule has 0 radical (unpaired) electrons. The number of aliphatic hydroxyl groups is 2. The quantitative estimate of drug-likeness (QED) is 0.429. The van der Waals surface area contributed by atoms with Crippen molar-refractivity contribution in [2.75, 3.05) is 26.4 Å². The van der Waals surface area contributed by atoms with Crippen molar-refractivity contribution >= 4 is 28.6 Å². The van der Waals surface area contributed by atoms with E-state index in [2.05, 4.69) is 4.98 Å². The lowest BCUT2D eigenvalue weighted by atomic mass is 9.92. The highest BCUT2D eigenvalue weighted by Crippen LogP contribution is 2.39. The van der Waals surface area contributed by atoms with Gasteiger partial charge < -0.3 is 24.7 Å². The molecular weight excluding hydrogens is 456 g/mol. The normalized spacial score (nSPS) is 16.5. The van der Waals surface area contributed by atoms with E-state index in [1.165, 1.54) is 0 Å². The fourth-order valence-corrected chi connectivity index (χ4v) is 4.45. The maximum Gasteiger partial charge on any atom is 0.410 e. The molecule has 1 aliphatic heterocycles. The average molecular weight is 487 g/mol. The number of aliphatic hydroxyl groups excluding tert-OH is 2. The molecule has 4 rings (SSSR count). The Labute approximate surface area is 204 Å². The first kappa shape index (κ1) is 24.4. The predicted octanol–water partition coefficient (Wildman–Crippen LogP) is 4.68. The molecule has 2 heterocycles. The van der Waals surface area contributed by atoms with Crippen LogP contribution in [0.3, 0.4) is 0 Å². The highest BCUT2D eigenvalue weighted by Gasteiger charge is 2.35. The SMILES string of the molecule is CC(C)COC(=O)N1CCc2c([nH]c3ccc(Cl)cc23)C1c1ccc(OCCC(O)CO)cc1. The van der Waals surface area contributed by atoms with Gasteiger partial charge in [-0.1, -0.05) is 37.6 Å². The highest BCUT2D eigenvalue weighted by atomic mass is 35.5. The first-order chi connectivity index (χ1) is 16.4. The van der Waals surface area contributed by atoms with Crippen LogP contribution in [0, 0.1) is 5.92 Å². The van der Waals surface area contributed by atoms with Gasteiger partial charge in [0.25, 0.3) is 0 Å². The summed E-state index contributed by atoms with van der Waals surface area (Å²) in [5.74, 6) is 0.904. The van der Waals surface area contributed by atoms with E-state index >= 15 is 0 Å². The van der Waals surface area contributed by atoms with Crippen molar-refractivity contribution in [1.29, 1.82) is 0 Å². The van der Waals surface area contributed by atoms with Gasteiger partial charge >= 0.3 is 6.09 Å². The summed E-state index contributed by atoms with van der Waals surface area (Å²) in [5, 5.41) is 20.2. The number of carbonyl (C=O) groups excluding carboxylic acids is 1. The second-order valence-corrected chi connectivity index (χ2v) is 9.50. The molecule has 34 heavy (non-hydrogen) atoms. The van der Waals surface area contributed by atoms with Crippen LogP contribution in [0.15, 0.2) is 42.5 Å². The molecule has 2 atom stereocenters. The Hall–Kier alpha value is -2.74. The number of aromatic amines is 1. The standard InChI is InChI=1S/C26H31ClN2O5/c1-16(2)15-34-26(32)29-11-9-21-22-13-18(27)5-8-23(22)28-24(21)25(29)17-3-6-20(7-4-17)33-12-10-19(31)14-30/h3-8,13,16,19,25,28,30-31H,9-12,14-15H2,1-2H3. The number of nitrogens with zero attached hydrogens (tertiary/aromatic N) is 1. The first-order valence-electron chi connectivity index (χ1n) is 11.6. The summed E-state index contributed by atoms with van der Waals surface area (Å²) in [6.45, 7) is 4.93. The summed E-state index contributed by atoms with van der Waals surface area (Å²) in [5.41, 5.74) is 4.04. The average Bonchev–Trinajstić information content (AvgIpc) is 3.20. The number of ether oxygens (including phenoxy) is 2. The maximum absolute atomic E-state index is 13.1. The van der Waals surface area contributed by atoms with Crippen molar-refractivity contribution in [3.05, 3.63) is 64.3 Å². The Kier molecular flexibility index (Phi) is 7.66. The van der Waals surface area contributed by atoms with Crippen molar-refractivity contribution in [2.45, 2.75) is 38.8 Å². The van der Waals surface area contributed by atoms with Crippen LogP contribution in [0.4, 0.5) is 4.79 Å². The van der Waals surface area contributed by atoms with Gasteiger partial charge in [0, 0.05) is 34.6 Å². The van der Waals surface area contributed by atoms with Crippen molar-refractivity contribution in [3.63, 3.8) is 0 Å². The predicted molar refractivity (Wildman–Crippen MR) is 131 cm³/mol. The molecule has 0 spiro atoms. The number of hydrogen-bond donors (Lipinski definition) is 3. The van der Waals surface area contributed by atoms with Gasteiger partial charge in [-0.2, -0.15) is 0 Å². The molecule has 8 heteroatoms. The van der Waals surface area contributed by atoms with Crippen molar-refractivity contribution in [1.82, 2.24) is 9.88 Å². The molecule has 0 fully saturated rings. The second kappa shape index (κ2) is 10.7. The van der Waals surface area contributed by atoms with Gasteiger partial charge in [0.15, 0.2) is 0 Å². The molecule has 1 aromatic heterocycles. The number of halogens is 1. The summed E-state index contributed by atoms with van der Waals surface area (Å²) >= 11 is 6.27. The van der Waals surface area contributed by atoms with E-state index in [4.69, 9.17) is 26.2 Å². The number of hydrogen-bond acceptors (Lipinski definition) is 5. The third kappa shape index (κ3) is 5.32. The van der Waals surface area contributed by atoms with Gasteiger partial charge in [-0.25, -0.2) is 4.79 Å². The molecule has 2 unspecified atom stereocenters. The zero-order chi connectivity index (χ0) is 24.2. The van der Waals surface area contributed by atoms with Gasteiger partial charge in [0.2, 0.25) is 0 Å². The summed E-state index contributed by atoms with van der Waals surface area (Å²) in [6.07, 6.45) is -0.0745. The molecular formula is C26H31ClN2O5. The molecule has 182 valence electrons. The summed E-state index contributed by atoms with van der Waals surface area (Å²) < 4.78 is 11.3. The van der Waals surface area contributed by atoms with Crippen LogP contribution in [0.25, 0.3) is 10.9 Å². The van der Waals surface area contributed by atoms with Gasteiger partial charge in [-0.05, 0) is 53.8 Å². The minimum Gasteiger partial charge on any atom is -0.493 e. The van der Waals surface area contributed by atoms with E-state index in [-0.39, 0.29) is 24.7 Å². The van der Waals surface area contributed by atoms with Crippen LogP contribution >= 0.6 is 11.6 Å². The Morgan fingerprint density at radius 3 is 2.71 bits per heavy atom. The molecule has 2 aromatic carbocycles. The highest BCUT2D eigenvalue weighted by molar-refractivity contribution is 6.31. The zero-order valence-electron chi connectivity index (χ0n) is 19.5. The van der Waals surface area contributed by atoms with E-state index < -0.39 is 6.10 Å². The smallest absolute Gasteiger partial charge is 0.410 e. The number of H-pyrrole nitrogens is 1. The van der Waals surface area contributed by atoms with Crippen LogP contribution in [0.5, 0.6) is 5.75 Å². The summed E-state index contributed by atoms with van der Waals surface area (Å²) in [4.78, 5) is 18.4. The molecule has 1 aliphatic rings. The fourth-order valence-electron chi connectivity index (χ4n) is 4.28. The minimum absolute atomic E-state index is 0.249. The lowest BCUT2D eigenvalue weighted by Crippen LogP contribution is -2.41. The lowest BCUT2D eigenvalue weighted by Gasteiger charge is -2.35. The monoisotopic (exact) mass is 486 g/mol. The number of carbonyl (C=O) groups is 1. The summed E-state index contributed by atoms with van der Waals surface area (Å²) in [7, 11) is 0. The number of aromatic nitrogens is 1. The van der Waals surface area contributed by atoms with Crippen LogP contribution in [0.2, 0.25) is 5.02 Å². The van der Waals surface area contributed by atoms with Crippen LogP contribution < -0.4 is 4.74 Å². The third-order valence-electron chi connectivity index (χ3n) is 5.99. The van der Waals surface area contributed by atoms with Gasteiger partial charge in [0.05, 0.1) is 25.9 Å². The Balaban J connectivity index is 1.64. The van der Waals surface area contributed by atoms with E-state index in [9.17, 15) is 9.90 Å². The molecule has 0 aliphatic carbocycles. The van der Waals surface area contributed by atoms with E-state index in [0.717, 1.165) is 27.7 Å².